The van der Waals surface area contributed by atoms with Crippen LogP contribution in [0.2, 0.25) is 5.15 Å². The van der Waals surface area contributed by atoms with Gasteiger partial charge in [0.2, 0.25) is 0 Å². The lowest BCUT2D eigenvalue weighted by atomic mass is 10.2. The molecule has 17 heavy (non-hydrogen) atoms. The molecule has 2 rings (SSSR count). The summed E-state index contributed by atoms with van der Waals surface area (Å²) < 4.78 is 5.27. The number of nitrogens with one attached hydrogen (secondary N) is 1. The van der Waals surface area contributed by atoms with Crippen LogP contribution in [-0.2, 0) is 4.74 Å². The summed E-state index contributed by atoms with van der Waals surface area (Å²) in [4.78, 5) is 22.6. The molecule has 0 unspecified atom stereocenters. The Labute approximate surface area is 103 Å². The number of esters is 1. The topological polar surface area (TPSA) is 67.9 Å². The lowest BCUT2D eigenvalue weighted by Gasteiger charge is -2.19. The normalized spacial score (nSPS) is 11.8. The quantitative estimate of drug-likeness (QED) is 0.626. The van der Waals surface area contributed by atoms with Gasteiger partial charge in [0.25, 0.3) is 0 Å². The number of H-pyrrole nitrogens is 1. The Balaban J connectivity index is 2.46. The highest BCUT2D eigenvalue weighted by Gasteiger charge is 2.22. The number of aromatic nitrogens is 3. The molecule has 0 atom stereocenters. The summed E-state index contributed by atoms with van der Waals surface area (Å²) in [7, 11) is 0. The smallest absolute Gasteiger partial charge is 0.341 e. The van der Waals surface area contributed by atoms with Gasteiger partial charge in [-0.05, 0) is 20.8 Å². The van der Waals surface area contributed by atoms with Gasteiger partial charge in [0.15, 0.2) is 0 Å². The molecule has 0 aromatic carbocycles. The second-order valence-electron chi connectivity index (χ2n) is 4.59. The van der Waals surface area contributed by atoms with Crippen LogP contribution in [0, 0.1) is 0 Å². The van der Waals surface area contributed by atoms with Gasteiger partial charge in [0.05, 0.1) is 10.9 Å². The lowest BCUT2D eigenvalue weighted by Crippen LogP contribution is -2.23. The third kappa shape index (κ3) is 2.39. The van der Waals surface area contributed by atoms with Crippen LogP contribution < -0.4 is 0 Å². The molecule has 6 heteroatoms. The number of aromatic amines is 1. The zero-order valence-corrected chi connectivity index (χ0v) is 10.5. The average Bonchev–Trinajstić information content (AvgIpc) is 2.60. The van der Waals surface area contributed by atoms with Crippen molar-refractivity contribution < 1.29 is 9.53 Å². The molecular weight excluding hydrogens is 242 g/mol. The fourth-order valence-corrected chi connectivity index (χ4v) is 1.65. The van der Waals surface area contributed by atoms with Crippen molar-refractivity contribution in [3.63, 3.8) is 0 Å². The molecule has 0 spiro atoms. The SMILES string of the molecule is CC(C)(C)OC(=O)c1c[nH]c2ncnc(Cl)c12. The summed E-state index contributed by atoms with van der Waals surface area (Å²) >= 11 is 5.94. The van der Waals surface area contributed by atoms with E-state index in [1.54, 1.807) is 20.8 Å². The minimum Gasteiger partial charge on any atom is -0.456 e. The minimum atomic E-state index is -0.553. The molecule has 0 radical (unpaired) electrons. The van der Waals surface area contributed by atoms with Gasteiger partial charge in [0, 0.05) is 6.20 Å². The molecule has 0 fully saturated rings. The van der Waals surface area contributed by atoms with Gasteiger partial charge < -0.3 is 9.72 Å². The van der Waals surface area contributed by atoms with Crippen LogP contribution in [-0.4, -0.2) is 26.5 Å². The molecule has 5 nitrogen and oxygen atoms in total. The van der Waals surface area contributed by atoms with Crippen LogP contribution in [0.15, 0.2) is 12.5 Å². The first-order valence-corrected chi connectivity index (χ1v) is 5.47. The zero-order chi connectivity index (χ0) is 12.6. The maximum atomic E-state index is 11.9. The van der Waals surface area contributed by atoms with Crippen molar-refractivity contribution in [1.29, 1.82) is 0 Å². The summed E-state index contributed by atoms with van der Waals surface area (Å²) in [5.74, 6) is -0.444. The number of rotatable bonds is 1. The van der Waals surface area contributed by atoms with E-state index in [1.807, 2.05) is 0 Å². The van der Waals surface area contributed by atoms with E-state index in [9.17, 15) is 4.79 Å². The number of carbonyl (C=O) groups is 1. The Kier molecular flexibility index (Phi) is 2.79. The van der Waals surface area contributed by atoms with E-state index in [4.69, 9.17) is 16.3 Å². The highest BCUT2D eigenvalue weighted by atomic mass is 35.5. The molecule has 2 aromatic heterocycles. The summed E-state index contributed by atoms with van der Waals surface area (Å²) in [5, 5.41) is 0.723. The maximum Gasteiger partial charge on any atom is 0.341 e. The largest absolute Gasteiger partial charge is 0.456 e. The maximum absolute atomic E-state index is 11.9. The van der Waals surface area contributed by atoms with Crippen molar-refractivity contribution in [2.24, 2.45) is 0 Å². The third-order valence-electron chi connectivity index (χ3n) is 2.04. The molecule has 0 aliphatic carbocycles. The van der Waals surface area contributed by atoms with Crippen LogP contribution in [0.4, 0.5) is 0 Å². The molecule has 0 saturated heterocycles. The fraction of sp³-hybridized carbons (Fsp3) is 0.364. The second-order valence-corrected chi connectivity index (χ2v) is 4.95. The van der Waals surface area contributed by atoms with Crippen molar-refractivity contribution >= 4 is 28.6 Å². The monoisotopic (exact) mass is 253 g/mol. The van der Waals surface area contributed by atoms with E-state index in [2.05, 4.69) is 15.0 Å². The highest BCUT2D eigenvalue weighted by molar-refractivity contribution is 6.35. The minimum absolute atomic E-state index is 0.233. The summed E-state index contributed by atoms with van der Waals surface area (Å²) in [6, 6.07) is 0. The highest BCUT2D eigenvalue weighted by Crippen LogP contribution is 2.24. The van der Waals surface area contributed by atoms with E-state index in [-0.39, 0.29) is 5.15 Å². The standard InChI is InChI=1S/C11H12ClN3O2/c1-11(2,3)17-10(16)6-4-13-9-7(6)8(12)14-5-15-9/h4-5H,1-3H3,(H,13,14,15). The van der Waals surface area contributed by atoms with Gasteiger partial charge in [-0.2, -0.15) is 0 Å². The summed E-state index contributed by atoms with van der Waals surface area (Å²) in [6.07, 6.45) is 2.86. The van der Waals surface area contributed by atoms with Crippen LogP contribution >= 0.6 is 11.6 Å². The van der Waals surface area contributed by atoms with Gasteiger partial charge in [-0.3, -0.25) is 0 Å². The lowest BCUT2D eigenvalue weighted by molar-refractivity contribution is 0.00719. The van der Waals surface area contributed by atoms with E-state index >= 15 is 0 Å². The molecule has 0 aliphatic heterocycles. The number of hydrogen-bond donors (Lipinski definition) is 1. The Bertz CT molecular complexity index is 572. The van der Waals surface area contributed by atoms with E-state index in [0.717, 1.165) is 0 Å². The molecule has 0 bridgehead atoms. The van der Waals surface area contributed by atoms with Crippen molar-refractivity contribution in [3.05, 3.63) is 23.2 Å². The molecular formula is C11H12ClN3O2. The summed E-state index contributed by atoms with van der Waals surface area (Å²) in [5.41, 5.74) is 0.314. The van der Waals surface area contributed by atoms with Crippen LogP contribution in [0.1, 0.15) is 31.1 Å². The van der Waals surface area contributed by atoms with Crippen molar-refractivity contribution in [2.75, 3.05) is 0 Å². The van der Waals surface area contributed by atoms with E-state index in [0.29, 0.717) is 16.6 Å². The molecule has 0 amide bonds. The van der Waals surface area contributed by atoms with Crippen molar-refractivity contribution in [1.82, 2.24) is 15.0 Å². The van der Waals surface area contributed by atoms with E-state index < -0.39 is 11.6 Å². The Morgan fingerprint density at radius 1 is 1.41 bits per heavy atom. The van der Waals surface area contributed by atoms with Gasteiger partial charge in [-0.25, -0.2) is 14.8 Å². The number of fused-ring (bicyclic) bond motifs is 1. The van der Waals surface area contributed by atoms with Crippen LogP contribution in [0.3, 0.4) is 0 Å². The Morgan fingerprint density at radius 3 is 2.76 bits per heavy atom. The number of hydrogen-bond acceptors (Lipinski definition) is 4. The van der Waals surface area contributed by atoms with E-state index in [1.165, 1.54) is 12.5 Å². The molecule has 2 heterocycles. The molecule has 90 valence electrons. The summed E-state index contributed by atoms with van der Waals surface area (Å²) in [6.45, 7) is 5.41. The Morgan fingerprint density at radius 2 is 2.12 bits per heavy atom. The number of carbonyl (C=O) groups excluding carboxylic acids is 1. The molecule has 2 aromatic rings. The van der Waals surface area contributed by atoms with Crippen molar-refractivity contribution in [3.8, 4) is 0 Å². The zero-order valence-electron chi connectivity index (χ0n) is 9.74. The molecule has 1 N–H and O–H groups in total. The van der Waals surface area contributed by atoms with Gasteiger partial charge in [0.1, 0.15) is 22.7 Å². The Hall–Kier alpha value is -1.62. The predicted octanol–water partition coefficient (Wildman–Crippen LogP) is 2.57. The third-order valence-corrected chi connectivity index (χ3v) is 2.33. The first-order chi connectivity index (χ1) is 7.88. The van der Waals surface area contributed by atoms with Gasteiger partial charge in [-0.1, -0.05) is 11.6 Å². The number of nitrogens with zero attached hydrogens (tertiary/aromatic N) is 2. The van der Waals surface area contributed by atoms with Crippen molar-refractivity contribution in [2.45, 2.75) is 26.4 Å². The number of ether oxygens (including phenoxy) is 1. The van der Waals surface area contributed by atoms with Gasteiger partial charge in [-0.15, -0.1) is 0 Å². The first-order valence-electron chi connectivity index (χ1n) is 5.09. The molecule has 0 aliphatic rings. The average molecular weight is 254 g/mol. The molecule has 0 saturated carbocycles. The van der Waals surface area contributed by atoms with Crippen LogP contribution in [0.25, 0.3) is 11.0 Å². The fourth-order valence-electron chi connectivity index (χ4n) is 1.42. The second kappa shape index (κ2) is 4.00. The number of halogens is 1. The first kappa shape index (κ1) is 11.9. The van der Waals surface area contributed by atoms with Crippen LogP contribution in [0.5, 0.6) is 0 Å². The van der Waals surface area contributed by atoms with Gasteiger partial charge >= 0.3 is 5.97 Å². The predicted molar refractivity (Wildman–Crippen MR) is 64.1 cm³/mol.